The third-order valence-corrected chi connectivity index (χ3v) is 3.49. The molecule has 0 fully saturated rings. The molecule has 1 aromatic carbocycles. The number of carbonyl (C=O) groups excluding carboxylic acids is 1. The lowest BCUT2D eigenvalue weighted by atomic mass is 10.2. The topological polar surface area (TPSA) is 88.5 Å². The Kier molecular flexibility index (Phi) is 3.99. The molecule has 0 atom stereocenters. The van der Waals surface area contributed by atoms with Crippen molar-refractivity contribution in [2.24, 2.45) is 0 Å². The Balaban J connectivity index is 2.26. The number of carboxylic acid groups (broad SMARTS) is 1. The SMILES string of the molecule is COc1cccc(C(=O)Nc2snc(C)c2C(=O)O)c1. The number of amides is 1. The number of aromatic carboxylic acids is 1. The Morgan fingerprint density at radius 2 is 2.15 bits per heavy atom. The summed E-state index contributed by atoms with van der Waals surface area (Å²) in [6.07, 6.45) is 0. The summed E-state index contributed by atoms with van der Waals surface area (Å²) in [4.78, 5) is 23.2. The quantitative estimate of drug-likeness (QED) is 0.903. The summed E-state index contributed by atoms with van der Waals surface area (Å²) < 4.78 is 8.98. The van der Waals surface area contributed by atoms with E-state index in [4.69, 9.17) is 9.84 Å². The first kappa shape index (κ1) is 14.0. The summed E-state index contributed by atoms with van der Waals surface area (Å²) in [5, 5.41) is 11.9. The maximum atomic E-state index is 12.1. The Labute approximate surface area is 119 Å². The van der Waals surface area contributed by atoms with Crippen LogP contribution in [0.5, 0.6) is 5.75 Å². The van der Waals surface area contributed by atoms with E-state index < -0.39 is 11.9 Å². The molecular weight excluding hydrogens is 280 g/mol. The molecule has 0 radical (unpaired) electrons. The zero-order chi connectivity index (χ0) is 14.7. The van der Waals surface area contributed by atoms with Crippen LogP contribution in [0.4, 0.5) is 5.00 Å². The van der Waals surface area contributed by atoms with Gasteiger partial charge < -0.3 is 15.2 Å². The molecule has 1 aromatic heterocycles. The molecule has 0 aliphatic heterocycles. The van der Waals surface area contributed by atoms with Gasteiger partial charge in [-0.1, -0.05) is 6.07 Å². The lowest BCUT2D eigenvalue weighted by molar-refractivity contribution is 0.0697. The number of aromatic nitrogens is 1. The van der Waals surface area contributed by atoms with Crippen molar-refractivity contribution >= 4 is 28.4 Å². The fourth-order valence-electron chi connectivity index (χ4n) is 1.65. The third-order valence-electron chi connectivity index (χ3n) is 2.64. The van der Waals surface area contributed by atoms with E-state index >= 15 is 0 Å². The fourth-order valence-corrected chi connectivity index (χ4v) is 2.43. The van der Waals surface area contributed by atoms with E-state index in [1.807, 2.05) is 0 Å². The van der Waals surface area contributed by atoms with Crippen LogP contribution in [0.1, 0.15) is 26.4 Å². The van der Waals surface area contributed by atoms with Gasteiger partial charge in [0, 0.05) is 5.56 Å². The number of benzene rings is 1. The normalized spacial score (nSPS) is 10.1. The Hall–Kier alpha value is -2.41. The van der Waals surface area contributed by atoms with Gasteiger partial charge in [-0.05, 0) is 36.7 Å². The maximum Gasteiger partial charge on any atom is 0.340 e. The molecule has 0 bridgehead atoms. The molecule has 104 valence electrons. The lowest BCUT2D eigenvalue weighted by Gasteiger charge is -2.05. The van der Waals surface area contributed by atoms with E-state index in [9.17, 15) is 9.59 Å². The van der Waals surface area contributed by atoms with Crippen molar-refractivity contribution < 1.29 is 19.4 Å². The Bertz CT molecular complexity index is 666. The molecule has 0 saturated carbocycles. The molecule has 6 nitrogen and oxygen atoms in total. The van der Waals surface area contributed by atoms with E-state index in [0.717, 1.165) is 11.5 Å². The van der Waals surface area contributed by atoms with Crippen LogP contribution in [0.3, 0.4) is 0 Å². The van der Waals surface area contributed by atoms with Crippen LogP contribution >= 0.6 is 11.5 Å². The van der Waals surface area contributed by atoms with E-state index in [1.54, 1.807) is 31.2 Å². The first-order valence-electron chi connectivity index (χ1n) is 5.68. The van der Waals surface area contributed by atoms with Crippen LogP contribution < -0.4 is 10.1 Å². The van der Waals surface area contributed by atoms with Gasteiger partial charge in [-0.25, -0.2) is 4.79 Å². The molecule has 0 aliphatic carbocycles. The number of anilines is 1. The van der Waals surface area contributed by atoms with Gasteiger partial charge in [0.25, 0.3) is 5.91 Å². The van der Waals surface area contributed by atoms with Gasteiger partial charge in [-0.15, -0.1) is 0 Å². The van der Waals surface area contributed by atoms with Gasteiger partial charge in [0.2, 0.25) is 0 Å². The van der Waals surface area contributed by atoms with Crippen LogP contribution in [0.25, 0.3) is 0 Å². The highest BCUT2D eigenvalue weighted by molar-refractivity contribution is 7.11. The number of hydrogen-bond donors (Lipinski definition) is 2. The number of aryl methyl sites for hydroxylation is 1. The number of nitrogens with one attached hydrogen (secondary N) is 1. The van der Waals surface area contributed by atoms with Crippen LogP contribution in [0, 0.1) is 6.92 Å². The summed E-state index contributed by atoms with van der Waals surface area (Å²) >= 11 is 0.943. The summed E-state index contributed by atoms with van der Waals surface area (Å²) in [5.74, 6) is -0.969. The van der Waals surface area contributed by atoms with Gasteiger partial charge in [-0.3, -0.25) is 4.79 Å². The highest BCUT2D eigenvalue weighted by Crippen LogP contribution is 2.25. The summed E-state index contributed by atoms with van der Waals surface area (Å²) in [5.41, 5.74) is 0.779. The molecule has 1 amide bonds. The molecule has 2 rings (SSSR count). The van der Waals surface area contributed by atoms with Crippen molar-refractivity contribution in [3.05, 3.63) is 41.1 Å². The summed E-state index contributed by atoms with van der Waals surface area (Å²) in [7, 11) is 1.51. The fraction of sp³-hybridized carbons (Fsp3) is 0.154. The molecule has 0 aliphatic rings. The number of rotatable bonds is 4. The van der Waals surface area contributed by atoms with Gasteiger partial charge in [-0.2, -0.15) is 4.37 Å². The van der Waals surface area contributed by atoms with Crippen LogP contribution in [-0.4, -0.2) is 28.5 Å². The van der Waals surface area contributed by atoms with Gasteiger partial charge in [0.15, 0.2) is 0 Å². The van der Waals surface area contributed by atoms with Crippen molar-refractivity contribution in [3.63, 3.8) is 0 Å². The van der Waals surface area contributed by atoms with Crippen LogP contribution in [0.15, 0.2) is 24.3 Å². The molecular formula is C13H12N2O4S. The smallest absolute Gasteiger partial charge is 0.340 e. The monoisotopic (exact) mass is 292 g/mol. The molecule has 0 unspecified atom stereocenters. The van der Waals surface area contributed by atoms with Crippen molar-refractivity contribution in [2.45, 2.75) is 6.92 Å². The molecule has 2 aromatic rings. The maximum absolute atomic E-state index is 12.1. The first-order chi connectivity index (χ1) is 9.52. The molecule has 1 heterocycles. The molecule has 7 heteroatoms. The zero-order valence-corrected chi connectivity index (χ0v) is 11.7. The Morgan fingerprint density at radius 1 is 1.40 bits per heavy atom. The number of carbonyl (C=O) groups is 2. The number of carboxylic acids is 1. The predicted octanol–water partition coefficient (Wildman–Crippen LogP) is 2.41. The number of nitrogens with zero attached hydrogens (tertiary/aromatic N) is 1. The van der Waals surface area contributed by atoms with Gasteiger partial charge in [0.1, 0.15) is 16.3 Å². The average molecular weight is 292 g/mol. The van der Waals surface area contributed by atoms with E-state index in [0.29, 0.717) is 17.0 Å². The van der Waals surface area contributed by atoms with Crippen molar-refractivity contribution in [2.75, 3.05) is 12.4 Å². The third kappa shape index (κ3) is 2.77. The van der Waals surface area contributed by atoms with Crippen LogP contribution in [-0.2, 0) is 0 Å². The molecule has 0 spiro atoms. The largest absolute Gasteiger partial charge is 0.497 e. The zero-order valence-electron chi connectivity index (χ0n) is 10.8. The summed E-state index contributed by atoms with van der Waals surface area (Å²) in [6.45, 7) is 1.58. The van der Waals surface area contributed by atoms with Gasteiger partial charge >= 0.3 is 5.97 Å². The van der Waals surface area contributed by atoms with Crippen molar-refractivity contribution in [3.8, 4) is 5.75 Å². The minimum Gasteiger partial charge on any atom is -0.497 e. The molecule has 0 saturated heterocycles. The number of hydrogen-bond acceptors (Lipinski definition) is 5. The average Bonchev–Trinajstić information content (AvgIpc) is 2.79. The Morgan fingerprint density at radius 3 is 2.80 bits per heavy atom. The first-order valence-corrected chi connectivity index (χ1v) is 6.45. The second kappa shape index (κ2) is 5.70. The highest BCUT2D eigenvalue weighted by atomic mass is 32.1. The van der Waals surface area contributed by atoms with Crippen LogP contribution in [0.2, 0.25) is 0 Å². The minimum absolute atomic E-state index is 0.0197. The van der Waals surface area contributed by atoms with Crippen molar-refractivity contribution in [1.29, 1.82) is 0 Å². The minimum atomic E-state index is -1.11. The molecule has 20 heavy (non-hydrogen) atoms. The van der Waals surface area contributed by atoms with E-state index in [-0.39, 0.29) is 10.6 Å². The standard InChI is InChI=1S/C13H12N2O4S/c1-7-10(13(17)18)12(20-15-7)14-11(16)8-4-3-5-9(6-8)19-2/h3-6H,1-2H3,(H,14,16)(H,17,18). The highest BCUT2D eigenvalue weighted by Gasteiger charge is 2.19. The summed E-state index contributed by atoms with van der Waals surface area (Å²) in [6, 6.07) is 6.59. The number of methoxy groups -OCH3 is 1. The second-order valence-corrected chi connectivity index (χ2v) is 4.74. The van der Waals surface area contributed by atoms with Crippen molar-refractivity contribution in [1.82, 2.24) is 4.37 Å². The predicted molar refractivity (Wildman–Crippen MR) is 74.8 cm³/mol. The molecule has 2 N–H and O–H groups in total. The lowest BCUT2D eigenvalue weighted by Crippen LogP contribution is -2.13. The van der Waals surface area contributed by atoms with E-state index in [2.05, 4.69) is 9.69 Å². The second-order valence-electron chi connectivity index (χ2n) is 3.96. The number of ether oxygens (including phenoxy) is 1. The van der Waals surface area contributed by atoms with E-state index in [1.165, 1.54) is 7.11 Å². The van der Waals surface area contributed by atoms with Gasteiger partial charge in [0.05, 0.1) is 12.8 Å².